The number of hydrogen-bond donors (Lipinski definition) is 0. The molecular formula is C95H78BN5. The minimum Gasteiger partial charge on any atom is -0.310 e. The third kappa shape index (κ3) is 7.67. The van der Waals surface area contributed by atoms with Gasteiger partial charge in [0.05, 0.1) is 55.6 Å². The number of aromatic nitrogens is 4. The summed E-state index contributed by atoms with van der Waals surface area (Å²) in [7, 11) is 0. The standard InChI is InChI=1S/C95H78BN5/c1-91(2,3)55-37-45-80-68(47-55)70-49-57(93(7,8)9)51-76-87(70)100(80)84-53-61(54-85-86(84)96(76)77-52-58(94(10,11)12)50-71-69-48-56(92(4,5)6)38-46-81(69)101(85)88(71)77)99-79-34-22-16-28-65(79)67-44-43-66-64-27-15-21-33-78(64)98(89(66)90(67)99)60-41-39-59(40-42-60)97-82-35-23-19-31-74(82)95(75-32-20-24-36-83(75)97)72-29-17-13-25-62(72)63-26-14-18-30-73(63)95/h13-54H,1-12H3. The zero-order valence-corrected chi connectivity index (χ0v) is 59.6. The summed E-state index contributed by atoms with van der Waals surface area (Å²) in [5.74, 6) is 0. The van der Waals surface area contributed by atoms with Gasteiger partial charge in [0.25, 0.3) is 6.71 Å². The molecule has 17 aromatic rings. The monoisotopic (exact) mass is 1300 g/mol. The van der Waals surface area contributed by atoms with E-state index in [-0.39, 0.29) is 28.4 Å². The smallest absolute Gasteiger partial charge is 0.252 e. The van der Waals surface area contributed by atoms with Crippen molar-refractivity contribution in [2.45, 2.75) is 110 Å². The van der Waals surface area contributed by atoms with Crippen LogP contribution in [0.1, 0.15) is 128 Å². The highest BCUT2D eigenvalue weighted by Crippen LogP contribution is 2.63. The maximum Gasteiger partial charge on any atom is 0.252 e. The van der Waals surface area contributed by atoms with Gasteiger partial charge in [0.1, 0.15) is 0 Å². The van der Waals surface area contributed by atoms with E-state index in [4.69, 9.17) is 0 Å². The minimum absolute atomic E-state index is 0.0493. The van der Waals surface area contributed by atoms with Gasteiger partial charge in [-0.1, -0.05) is 241 Å². The summed E-state index contributed by atoms with van der Waals surface area (Å²) in [6.07, 6.45) is 0. The Morgan fingerprint density at radius 1 is 0.257 bits per heavy atom. The number of nitrogens with zero attached hydrogens (tertiary/aromatic N) is 5. The third-order valence-corrected chi connectivity index (χ3v) is 23.9. The lowest BCUT2D eigenvalue weighted by Gasteiger charge is -2.45. The van der Waals surface area contributed by atoms with Crippen molar-refractivity contribution in [2.24, 2.45) is 0 Å². The van der Waals surface area contributed by atoms with Gasteiger partial charge in [0.15, 0.2) is 0 Å². The second kappa shape index (κ2) is 19.7. The molecule has 4 aliphatic rings. The van der Waals surface area contributed by atoms with Crippen LogP contribution >= 0.6 is 0 Å². The number of fused-ring (bicyclic) bond motifs is 26. The second-order valence-electron chi connectivity index (χ2n) is 33.7. The van der Waals surface area contributed by atoms with Crippen LogP contribution in [0.2, 0.25) is 0 Å². The Labute approximate surface area is 590 Å². The fourth-order valence-corrected chi connectivity index (χ4v) is 19.1. The molecule has 0 unspecified atom stereocenters. The Hall–Kier alpha value is -11.1. The predicted octanol–water partition coefficient (Wildman–Crippen LogP) is 22.6. The second-order valence-corrected chi connectivity index (χ2v) is 33.7. The first-order valence-corrected chi connectivity index (χ1v) is 36.4. The third-order valence-electron chi connectivity index (χ3n) is 23.9. The van der Waals surface area contributed by atoms with Gasteiger partial charge in [0.2, 0.25) is 0 Å². The summed E-state index contributed by atoms with van der Waals surface area (Å²) in [4.78, 5) is 2.51. The highest BCUT2D eigenvalue weighted by atomic mass is 15.2. The molecule has 21 rings (SSSR count). The van der Waals surface area contributed by atoms with Crippen molar-refractivity contribution in [3.8, 4) is 33.9 Å². The SMILES string of the molecule is CC(C)(C)c1ccc2c(c1)c1cc(C(C)(C)C)cc3c1n2-c1cc(-n2c4ccccc4c4ccc5c6ccccc6n(-c6ccc(N7c8ccccc8C8(c9ccccc9-c9ccccc98)c8ccccc87)cc6)c5c42)cc2c1B3c1cc(C(C)(C)C)cc3c4cc(C(C)(C)C)ccc4n-2c13. The van der Waals surface area contributed by atoms with Gasteiger partial charge in [-0.15, -0.1) is 0 Å². The zero-order chi connectivity index (χ0) is 68.4. The number of anilines is 3. The fourth-order valence-electron chi connectivity index (χ4n) is 19.1. The molecule has 3 aliphatic heterocycles. The normalized spacial score (nSPS) is 14.4. The minimum atomic E-state index is -0.488. The quantitative estimate of drug-likeness (QED) is 0.162. The summed E-state index contributed by atoms with van der Waals surface area (Å²) >= 11 is 0. The van der Waals surface area contributed by atoms with Gasteiger partial charge in [-0.05, 0) is 191 Å². The Bertz CT molecular complexity index is 6290. The van der Waals surface area contributed by atoms with Crippen LogP contribution in [0.25, 0.3) is 121 Å². The van der Waals surface area contributed by atoms with Crippen LogP contribution < -0.4 is 21.3 Å². The molecule has 101 heavy (non-hydrogen) atoms. The summed E-state index contributed by atoms with van der Waals surface area (Å²) in [6, 6.07) is 99.3. The first-order valence-electron chi connectivity index (χ1n) is 36.4. The molecule has 1 aliphatic carbocycles. The lowest BCUT2D eigenvalue weighted by atomic mass is 9.34. The van der Waals surface area contributed by atoms with Gasteiger partial charge >= 0.3 is 0 Å². The fraction of sp³-hybridized carbons (Fsp3) is 0.179. The number of rotatable bonds is 3. The molecule has 5 nitrogen and oxygen atoms in total. The van der Waals surface area contributed by atoms with E-state index in [1.165, 1.54) is 182 Å². The predicted molar refractivity (Wildman–Crippen MR) is 429 cm³/mol. The van der Waals surface area contributed by atoms with Crippen molar-refractivity contribution >= 4 is 127 Å². The maximum atomic E-state index is 2.70. The van der Waals surface area contributed by atoms with Crippen molar-refractivity contribution < 1.29 is 0 Å². The molecule has 0 bridgehead atoms. The van der Waals surface area contributed by atoms with Gasteiger partial charge in [0, 0.05) is 76.9 Å². The lowest BCUT2D eigenvalue weighted by Crippen LogP contribution is -2.59. The summed E-state index contributed by atoms with van der Waals surface area (Å²) < 4.78 is 10.6. The van der Waals surface area contributed by atoms with E-state index in [1.54, 1.807) is 0 Å². The molecule has 1 spiro atoms. The van der Waals surface area contributed by atoms with Gasteiger partial charge in [-0.3, -0.25) is 0 Å². The molecule has 0 atom stereocenters. The zero-order valence-electron chi connectivity index (χ0n) is 59.6. The number of hydrogen-bond acceptors (Lipinski definition) is 1. The molecule has 6 heteroatoms. The van der Waals surface area contributed by atoms with Crippen LogP contribution in [-0.2, 0) is 27.1 Å². The molecular weight excluding hydrogens is 1220 g/mol. The van der Waals surface area contributed by atoms with E-state index in [0.717, 1.165) is 17.1 Å². The molecule has 7 heterocycles. The molecule has 0 radical (unpaired) electrons. The molecule has 0 saturated heterocycles. The van der Waals surface area contributed by atoms with Crippen molar-refractivity contribution in [3.05, 3.63) is 299 Å². The van der Waals surface area contributed by atoms with Crippen LogP contribution in [0.3, 0.4) is 0 Å². The Morgan fingerprint density at radius 2 is 0.634 bits per heavy atom. The first-order chi connectivity index (χ1) is 48.7. The van der Waals surface area contributed by atoms with Crippen LogP contribution in [0, 0.1) is 0 Å². The molecule has 0 fully saturated rings. The van der Waals surface area contributed by atoms with E-state index in [1.807, 2.05) is 0 Å². The largest absolute Gasteiger partial charge is 0.310 e. The molecule has 0 amide bonds. The molecule has 486 valence electrons. The van der Waals surface area contributed by atoms with Crippen molar-refractivity contribution in [3.63, 3.8) is 0 Å². The van der Waals surface area contributed by atoms with Crippen LogP contribution in [0.5, 0.6) is 0 Å². The van der Waals surface area contributed by atoms with Gasteiger partial charge < -0.3 is 23.2 Å². The Morgan fingerprint density at radius 3 is 1.09 bits per heavy atom. The number of benzene rings is 13. The van der Waals surface area contributed by atoms with Crippen molar-refractivity contribution in [2.75, 3.05) is 4.90 Å². The van der Waals surface area contributed by atoms with Crippen molar-refractivity contribution in [1.29, 1.82) is 0 Å². The molecule has 0 saturated carbocycles. The van der Waals surface area contributed by atoms with Crippen LogP contribution in [0.4, 0.5) is 17.1 Å². The van der Waals surface area contributed by atoms with Crippen LogP contribution in [0.15, 0.2) is 255 Å². The topological polar surface area (TPSA) is 23.0 Å². The summed E-state index contributed by atoms with van der Waals surface area (Å²) in [5.41, 5.74) is 34.6. The average molecular weight is 1300 g/mol. The molecule has 13 aromatic carbocycles. The Kier molecular flexibility index (Phi) is 11.5. The van der Waals surface area contributed by atoms with E-state index in [0.29, 0.717) is 0 Å². The lowest BCUT2D eigenvalue weighted by molar-refractivity contribution is 0.590. The summed E-state index contributed by atoms with van der Waals surface area (Å²) in [6.45, 7) is 28.5. The van der Waals surface area contributed by atoms with E-state index >= 15 is 0 Å². The van der Waals surface area contributed by atoms with E-state index in [2.05, 4.69) is 361 Å². The van der Waals surface area contributed by atoms with Gasteiger partial charge in [-0.25, -0.2) is 0 Å². The first kappa shape index (κ1) is 58.8. The van der Waals surface area contributed by atoms with E-state index < -0.39 is 5.41 Å². The highest BCUT2D eigenvalue weighted by molar-refractivity contribution is 7.00. The maximum absolute atomic E-state index is 2.70. The van der Waals surface area contributed by atoms with Gasteiger partial charge in [-0.2, -0.15) is 0 Å². The van der Waals surface area contributed by atoms with Crippen molar-refractivity contribution in [1.82, 2.24) is 18.3 Å². The summed E-state index contributed by atoms with van der Waals surface area (Å²) in [5, 5.41) is 10.1. The molecule has 0 N–H and O–H groups in total. The average Bonchev–Trinajstić information content (AvgIpc) is 1.60. The highest BCUT2D eigenvalue weighted by Gasteiger charge is 2.52. The van der Waals surface area contributed by atoms with E-state index in [9.17, 15) is 0 Å². The molecule has 4 aromatic heterocycles. The Balaban J connectivity index is 0.849. The van der Waals surface area contributed by atoms with Crippen LogP contribution in [-0.4, -0.2) is 25.0 Å². The number of para-hydroxylation sites is 4.